The molecule has 140 valence electrons. The van der Waals surface area contributed by atoms with Crippen LogP contribution in [0.25, 0.3) is 23.0 Å². The normalized spacial score (nSPS) is 16.1. The molecule has 4 aromatic rings. The van der Waals surface area contributed by atoms with Gasteiger partial charge in [0.2, 0.25) is 5.82 Å². The minimum atomic E-state index is -0.267. The molecule has 0 aliphatic carbocycles. The lowest BCUT2D eigenvalue weighted by molar-refractivity contribution is 0.00326. The molecule has 5 rings (SSSR count). The molecule has 0 spiro atoms. The second-order valence-corrected chi connectivity index (χ2v) is 6.91. The first-order chi connectivity index (χ1) is 13.7. The highest BCUT2D eigenvalue weighted by molar-refractivity contribution is 6.30. The summed E-state index contributed by atoms with van der Waals surface area (Å²) in [6.07, 6.45) is 1.56. The van der Waals surface area contributed by atoms with E-state index in [1.165, 1.54) is 12.1 Å². The summed E-state index contributed by atoms with van der Waals surface area (Å²) in [5.74, 6) is 0.504. The summed E-state index contributed by atoms with van der Waals surface area (Å²) in [7, 11) is 0. The van der Waals surface area contributed by atoms with Crippen molar-refractivity contribution in [3.05, 3.63) is 77.0 Å². The molecule has 1 aliphatic heterocycles. The fraction of sp³-hybridized carbons (Fsp3) is 0.150. The molecule has 1 aliphatic rings. The number of ether oxygens (including phenoxy) is 1. The summed E-state index contributed by atoms with van der Waals surface area (Å²) in [6, 6.07) is 13.6. The second-order valence-electron chi connectivity index (χ2n) is 6.48. The van der Waals surface area contributed by atoms with Gasteiger partial charge < -0.3 is 13.8 Å². The number of hydrogen-bond acceptors (Lipinski definition) is 5. The molecule has 1 atom stereocenters. The van der Waals surface area contributed by atoms with E-state index in [0.717, 1.165) is 16.8 Å². The molecule has 8 heteroatoms. The number of hydrogen-bond donors (Lipinski definition) is 0. The van der Waals surface area contributed by atoms with Crippen LogP contribution in [0, 0.1) is 5.82 Å². The summed E-state index contributed by atoms with van der Waals surface area (Å²) >= 11 is 6.03. The van der Waals surface area contributed by atoms with E-state index in [0.29, 0.717) is 35.6 Å². The van der Waals surface area contributed by atoms with Crippen molar-refractivity contribution >= 4 is 11.6 Å². The first-order valence-corrected chi connectivity index (χ1v) is 9.06. The Morgan fingerprint density at radius 2 is 2.00 bits per heavy atom. The summed E-state index contributed by atoms with van der Waals surface area (Å²) in [5, 5.41) is 4.63. The molecule has 6 nitrogen and oxygen atoms in total. The highest BCUT2D eigenvalue weighted by atomic mass is 35.5. The van der Waals surface area contributed by atoms with Gasteiger partial charge in [0, 0.05) is 10.6 Å². The molecule has 2 aromatic carbocycles. The van der Waals surface area contributed by atoms with Crippen molar-refractivity contribution in [1.82, 2.24) is 19.7 Å². The molecule has 1 unspecified atom stereocenters. The van der Waals surface area contributed by atoms with Gasteiger partial charge in [0.05, 0.1) is 25.2 Å². The van der Waals surface area contributed by atoms with Gasteiger partial charge >= 0.3 is 0 Å². The second kappa shape index (κ2) is 6.85. The quantitative estimate of drug-likeness (QED) is 0.503. The Labute approximate surface area is 164 Å². The standard InChI is InChI=1S/C20H14ClFN4O2/c21-14-3-1-2-13(8-14)19-24-20(28-25-19)18-16-10-27-17(9-26(16)11-23-18)12-4-6-15(22)7-5-12/h1-8,11,17H,9-10H2. The maximum atomic E-state index is 13.1. The molecule has 3 heterocycles. The number of fused-ring (bicyclic) bond motifs is 1. The smallest absolute Gasteiger partial charge is 0.278 e. The minimum absolute atomic E-state index is 0.167. The van der Waals surface area contributed by atoms with Gasteiger partial charge in [0.1, 0.15) is 11.9 Å². The van der Waals surface area contributed by atoms with E-state index in [-0.39, 0.29) is 11.9 Å². The van der Waals surface area contributed by atoms with Crippen molar-refractivity contribution in [2.75, 3.05) is 0 Å². The zero-order valence-corrected chi connectivity index (χ0v) is 15.3. The molecule has 0 radical (unpaired) electrons. The molecule has 0 amide bonds. The van der Waals surface area contributed by atoms with E-state index in [1.807, 2.05) is 16.7 Å². The Morgan fingerprint density at radius 1 is 1.14 bits per heavy atom. The lowest BCUT2D eigenvalue weighted by Crippen LogP contribution is -2.20. The fourth-order valence-corrected chi connectivity index (χ4v) is 3.44. The number of nitrogens with zero attached hydrogens (tertiary/aromatic N) is 4. The number of rotatable bonds is 3. The van der Waals surface area contributed by atoms with Crippen LogP contribution >= 0.6 is 11.6 Å². The molecule has 0 bridgehead atoms. The SMILES string of the molecule is Fc1ccc(C2Cn3cnc(-c4nc(-c5cccc(Cl)c5)no4)c3CO2)cc1. The van der Waals surface area contributed by atoms with E-state index in [2.05, 4.69) is 15.1 Å². The average molecular weight is 397 g/mol. The van der Waals surface area contributed by atoms with E-state index in [9.17, 15) is 4.39 Å². The molecule has 0 N–H and O–H groups in total. The Hall–Kier alpha value is -3.03. The molecular formula is C20H14ClFN4O2. The van der Waals surface area contributed by atoms with Gasteiger partial charge in [-0.05, 0) is 29.8 Å². The van der Waals surface area contributed by atoms with E-state index >= 15 is 0 Å². The minimum Gasteiger partial charge on any atom is -0.365 e. The number of imidazole rings is 1. The van der Waals surface area contributed by atoms with Crippen LogP contribution < -0.4 is 0 Å². The first-order valence-electron chi connectivity index (χ1n) is 8.68. The van der Waals surface area contributed by atoms with Crippen LogP contribution in [0.3, 0.4) is 0 Å². The van der Waals surface area contributed by atoms with E-state index in [4.69, 9.17) is 20.9 Å². The van der Waals surface area contributed by atoms with Crippen LogP contribution in [0.5, 0.6) is 0 Å². The van der Waals surface area contributed by atoms with Crippen LogP contribution in [0.15, 0.2) is 59.4 Å². The topological polar surface area (TPSA) is 66.0 Å². The Bertz CT molecular complexity index is 1140. The number of halogens is 2. The van der Waals surface area contributed by atoms with E-state index in [1.54, 1.807) is 30.6 Å². The van der Waals surface area contributed by atoms with Gasteiger partial charge in [0.15, 0.2) is 5.69 Å². The Balaban J connectivity index is 1.42. The average Bonchev–Trinajstić information content (AvgIpc) is 3.35. The third-order valence-corrected chi connectivity index (χ3v) is 4.92. The van der Waals surface area contributed by atoms with Crippen molar-refractivity contribution < 1.29 is 13.7 Å². The summed E-state index contributed by atoms with van der Waals surface area (Å²) in [5.41, 5.74) is 3.14. The first kappa shape index (κ1) is 17.1. The summed E-state index contributed by atoms with van der Waals surface area (Å²) < 4.78 is 26.5. The largest absolute Gasteiger partial charge is 0.365 e. The Morgan fingerprint density at radius 3 is 2.82 bits per heavy atom. The molecule has 2 aromatic heterocycles. The van der Waals surface area contributed by atoms with Crippen LogP contribution in [0.4, 0.5) is 4.39 Å². The molecule has 0 fully saturated rings. The van der Waals surface area contributed by atoms with Crippen molar-refractivity contribution in [3.63, 3.8) is 0 Å². The number of benzene rings is 2. The predicted octanol–water partition coefficient (Wildman–Crippen LogP) is 4.66. The third kappa shape index (κ3) is 3.08. The van der Waals surface area contributed by atoms with Gasteiger partial charge in [-0.3, -0.25) is 0 Å². The van der Waals surface area contributed by atoms with Crippen LogP contribution in [-0.2, 0) is 17.9 Å². The van der Waals surface area contributed by atoms with Crippen molar-refractivity contribution in [1.29, 1.82) is 0 Å². The molecule has 0 saturated heterocycles. The highest BCUT2D eigenvalue weighted by Crippen LogP contribution is 2.32. The monoisotopic (exact) mass is 396 g/mol. The van der Waals surface area contributed by atoms with Crippen LogP contribution in [-0.4, -0.2) is 19.7 Å². The van der Waals surface area contributed by atoms with Gasteiger partial charge in [-0.15, -0.1) is 0 Å². The zero-order chi connectivity index (χ0) is 19.1. The zero-order valence-electron chi connectivity index (χ0n) is 14.5. The van der Waals surface area contributed by atoms with Crippen LogP contribution in [0.2, 0.25) is 5.02 Å². The fourth-order valence-electron chi connectivity index (χ4n) is 3.25. The summed E-state index contributed by atoms with van der Waals surface area (Å²) in [4.78, 5) is 8.89. The maximum absolute atomic E-state index is 13.1. The van der Waals surface area contributed by atoms with Gasteiger partial charge in [0.25, 0.3) is 5.89 Å². The lowest BCUT2D eigenvalue weighted by atomic mass is 10.1. The van der Waals surface area contributed by atoms with Crippen molar-refractivity contribution in [3.8, 4) is 23.0 Å². The van der Waals surface area contributed by atoms with Crippen LogP contribution in [0.1, 0.15) is 17.4 Å². The third-order valence-electron chi connectivity index (χ3n) is 4.68. The number of aromatic nitrogens is 4. The molecular weight excluding hydrogens is 383 g/mol. The van der Waals surface area contributed by atoms with Crippen molar-refractivity contribution in [2.24, 2.45) is 0 Å². The van der Waals surface area contributed by atoms with Crippen molar-refractivity contribution in [2.45, 2.75) is 19.3 Å². The molecule has 0 saturated carbocycles. The summed E-state index contributed by atoms with van der Waals surface area (Å²) in [6.45, 7) is 0.912. The maximum Gasteiger partial charge on any atom is 0.278 e. The highest BCUT2D eigenvalue weighted by Gasteiger charge is 2.26. The molecule has 28 heavy (non-hydrogen) atoms. The van der Waals surface area contributed by atoms with E-state index < -0.39 is 0 Å². The van der Waals surface area contributed by atoms with Gasteiger partial charge in [-0.1, -0.05) is 41.0 Å². The lowest BCUT2D eigenvalue weighted by Gasteiger charge is -2.25. The Kier molecular flexibility index (Phi) is 4.18. The van der Waals surface area contributed by atoms with Gasteiger partial charge in [-0.2, -0.15) is 4.98 Å². The van der Waals surface area contributed by atoms with Gasteiger partial charge in [-0.25, -0.2) is 9.37 Å². The predicted molar refractivity (Wildman–Crippen MR) is 99.9 cm³/mol.